The summed E-state index contributed by atoms with van der Waals surface area (Å²) in [6, 6.07) is 5.55. The lowest BCUT2D eigenvalue weighted by molar-refractivity contribution is -0.117. The Balaban J connectivity index is 1.92. The van der Waals surface area contributed by atoms with Gasteiger partial charge in [0.25, 0.3) is 0 Å². The van der Waals surface area contributed by atoms with Gasteiger partial charge in [0.15, 0.2) is 0 Å². The zero-order valence-electron chi connectivity index (χ0n) is 12.6. The van der Waals surface area contributed by atoms with Crippen LogP contribution in [0.4, 0.5) is 11.4 Å². The Hall–Kier alpha value is -1.55. The maximum absolute atomic E-state index is 12.1. The smallest absolute Gasteiger partial charge is 0.238 e. The lowest BCUT2D eigenvalue weighted by Gasteiger charge is -2.34. The first kappa shape index (κ1) is 14.9. The van der Waals surface area contributed by atoms with Crippen molar-refractivity contribution in [1.29, 1.82) is 0 Å². The van der Waals surface area contributed by atoms with E-state index in [0.717, 1.165) is 30.0 Å². The number of nitrogens with zero attached hydrogens (tertiary/aromatic N) is 1. The average Bonchev–Trinajstić information content (AvgIpc) is 2.31. The molecule has 1 aromatic carbocycles. The summed E-state index contributed by atoms with van der Waals surface area (Å²) < 4.78 is 0. The molecule has 0 radical (unpaired) electrons. The Morgan fingerprint density at radius 3 is 2.60 bits per heavy atom. The molecule has 0 aliphatic carbocycles. The van der Waals surface area contributed by atoms with E-state index in [-0.39, 0.29) is 5.91 Å². The maximum Gasteiger partial charge on any atom is 0.238 e. The van der Waals surface area contributed by atoms with Crippen LogP contribution in [0.1, 0.15) is 25.8 Å². The van der Waals surface area contributed by atoms with Crippen molar-refractivity contribution in [1.82, 2.24) is 4.90 Å². The number of carbonyl (C=O) groups is 1. The summed E-state index contributed by atoms with van der Waals surface area (Å²) in [7, 11) is 0. The fourth-order valence-electron chi connectivity index (χ4n) is 3.14. The highest BCUT2D eigenvalue weighted by Crippen LogP contribution is 2.21. The first-order valence-corrected chi connectivity index (χ1v) is 7.32. The fraction of sp³-hybridized carbons (Fsp3) is 0.562. The van der Waals surface area contributed by atoms with E-state index < -0.39 is 0 Å². The van der Waals surface area contributed by atoms with E-state index in [4.69, 9.17) is 5.73 Å². The van der Waals surface area contributed by atoms with Crippen molar-refractivity contribution in [3.63, 3.8) is 0 Å². The van der Waals surface area contributed by atoms with Crippen molar-refractivity contribution in [2.45, 2.75) is 27.2 Å². The van der Waals surface area contributed by atoms with Gasteiger partial charge < -0.3 is 11.1 Å². The van der Waals surface area contributed by atoms with Gasteiger partial charge >= 0.3 is 0 Å². The van der Waals surface area contributed by atoms with Gasteiger partial charge in [-0.2, -0.15) is 0 Å². The first-order valence-electron chi connectivity index (χ1n) is 7.32. The molecular weight excluding hydrogens is 250 g/mol. The SMILES string of the molecule is Cc1cc(N)ccc1NC(=O)CN1CC(C)CC(C)C1. The molecule has 4 heteroatoms. The minimum absolute atomic E-state index is 0.0548. The van der Waals surface area contributed by atoms with Gasteiger partial charge in [0, 0.05) is 24.5 Å². The third-order valence-electron chi connectivity index (χ3n) is 3.84. The lowest BCUT2D eigenvalue weighted by Crippen LogP contribution is -2.42. The van der Waals surface area contributed by atoms with E-state index in [1.54, 1.807) is 0 Å². The monoisotopic (exact) mass is 275 g/mol. The summed E-state index contributed by atoms with van der Waals surface area (Å²) in [5, 5.41) is 2.98. The summed E-state index contributed by atoms with van der Waals surface area (Å²) in [4.78, 5) is 14.4. The van der Waals surface area contributed by atoms with Gasteiger partial charge in [-0.1, -0.05) is 13.8 Å². The molecule has 20 heavy (non-hydrogen) atoms. The molecule has 1 saturated heterocycles. The van der Waals surface area contributed by atoms with Crippen LogP contribution in [0.15, 0.2) is 18.2 Å². The molecule has 1 amide bonds. The van der Waals surface area contributed by atoms with Crippen LogP contribution in [0.5, 0.6) is 0 Å². The highest BCUT2D eigenvalue weighted by molar-refractivity contribution is 5.93. The number of nitrogens with two attached hydrogens (primary N) is 1. The number of anilines is 2. The summed E-state index contributed by atoms with van der Waals surface area (Å²) >= 11 is 0. The highest BCUT2D eigenvalue weighted by atomic mass is 16.2. The number of piperidine rings is 1. The van der Waals surface area contributed by atoms with E-state index in [1.807, 2.05) is 25.1 Å². The second-order valence-electron chi connectivity index (χ2n) is 6.26. The number of nitrogen functional groups attached to an aromatic ring is 1. The second-order valence-corrected chi connectivity index (χ2v) is 6.26. The van der Waals surface area contributed by atoms with E-state index in [2.05, 4.69) is 24.1 Å². The third-order valence-corrected chi connectivity index (χ3v) is 3.84. The molecule has 2 unspecified atom stereocenters. The predicted molar refractivity (Wildman–Crippen MR) is 83.6 cm³/mol. The van der Waals surface area contributed by atoms with Gasteiger partial charge in [0.1, 0.15) is 0 Å². The van der Waals surface area contributed by atoms with Crippen LogP contribution < -0.4 is 11.1 Å². The van der Waals surface area contributed by atoms with Gasteiger partial charge in [0.05, 0.1) is 6.54 Å². The number of nitrogens with one attached hydrogen (secondary N) is 1. The highest BCUT2D eigenvalue weighted by Gasteiger charge is 2.23. The van der Waals surface area contributed by atoms with Crippen LogP contribution in [-0.4, -0.2) is 30.4 Å². The van der Waals surface area contributed by atoms with Crippen molar-refractivity contribution in [2.24, 2.45) is 11.8 Å². The van der Waals surface area contributed by atoms with Gasteiger partial charge in [0.2, 0.25) is 5.91 Å². The van der Waals surface area contributed by atoms with Gasteiger partial charge in [-0.05, 0) is 48.9 Å². The Morgan fingerprint density at radius 2 is 2.00 bits per heavy atom. The standard InChI is InChI=1S/C16H25N3O/c1-11-6-12(2)9-19(8-11)10-16(20)18-15-5-4-14(17)7-13(15)3/h4-5,7,11-12H,6,8-10,17H2,1-3H3,(H,18,20). The molecule has 3 N–H and O–H groups in total. The number of rotatable bonds is 3. The zero-order chi connectivity index (χ0) is 14.7. The molecule has 0 aromatic heterocycles. The Morgan fingerprint density at radius 1 is 1.35 bits per heavy atom. The van der Waals surface area contributed by atoms with Crippen LogP contribution >= 0.6 is 0 Å². The van der Waals surface area contributed by atoms with Crippen LogP contribution in [-0.2, 0) is 4.79 Å². The molecule has 4 nitrogen and oxygen atoms in total. The van der Waals surface area contributed by atoms with Crippen LogP contribution in [0.25, 0.3) is 0 Å². The number of carbonyl (C=O) groups excluding carboxylic acids is 1. The molecule has 1 aliphatic heterocycles. The predicted octanol–water partition coefficient (Wildman–Crippen LogP) is 2.49. The fourth-order valence-corrected chi connectivity index (χ4v) is 3.14. The second kappa shape index (κ2) is 6.27. The molecule has 1 fully saturated rings. The largest absolute Gasteiger partial charge is 0.399 e. The third kappa shape index (κ3) is 3.97. The molecule has 2 atom stereocenters. The van der Waals surface area contributed by atoms with E-state index in [9.17, 15) is 4.79 Å². The van der Waals surface area contributed by atoms with Crippen molar-refractivity contribution < 1.29 is 4.79 Å². The van der Waals surface area contributed by atoms with Crippen molar-refractivity contribution >= 4 is 17.3 Å². The van der Waals surface area contributed by atoms with Gasteiger partial charge in [-0.25, -0.2) is 0 Å². The number of benzene rings is 1. The Labute approximate surface area is 121 Å². The van der Waals surface area contributed by atoms with Crippen molar-refractivity contribution in [3.8, 4) is 0 Å². The minimum atomic E-state index is 0.0548. The van der Waals surface area contributed by atoms with Crippen molar-refractivity contribution in [2.75, 3.05) is 30.7 Å². The van der Waals surface area contributed by atoms with Crippen LogP contribution in [0.2, 0.25) is 0 Å². The van der Waals surface area contributed by atoms with E-state index in [1.165, 1.54) is 6.42 Å². The molecule has 1 heterocycles. The lowest BCUT2D eigenvalue weighted by atomic mass is 9.92. The molecule has 1 aliphatic rings. The van der Waals surface area contributed by atoms with E-state index >= 15 is 0 Å². The summed E-state index contributed by atoms with van der Waals surface area (Å²) in [6.45, 7) is 8.96. The van der Waals surface area contributed by atoms with Gasteiger partial charge in [-0.3, -0.25) is 9.69 Å². The van der Waals surface area contributed by atoms with E-state index in [0.29, 0.717) is 18.4 Å². The first-order chi connectivity index (χ1) is 9.44. The topological polar surface area (TPSA) is 58.4 Å². The summed E-state index contributed by atoms with van der Waals surface area (Å²) in [6.07, 6.45) is 1.26. The van der Waals surface area contributed by atoms with Crippen molar-refractivity contribution in [3.05, 3.63) is 23.8 Å². The van der Waals surface area contributed by atoms with Gasteiger partial charge in [-0.15, -0.1) is 0 Å². The van der Waals surface area contributed by atoms with Crippen LogP contribution in [0, 0.1) is 18.8 Å². The number of amides is 1. The number of hydrogen-bond acceptors (Lipinski definition) is 3. The van der Waals surface area contributed by atoms with Crippen LogP contribution in [0.3, 0.4) is 0 Å². The molecule has 2 rings (SSSR count). The minimum Gasteiger partial charge on any atom is -0.399 e. The Kier molecular flexibility index (Phi) is 4.65. The molecule has 0 spiro atoms. The summed E-state index contributed by atoms with van der Waals surface area (Å²) in [5.41, 5.74) is 8.29. The quantitative estimate of drug-likeness (QED) is 0.833. The zero-order valence-corrected chi connectivity index (χ0v) is 12.6. The maximum atomic E-state index is 12.1. The number of likely N-dealkylation sites (tertiary alicyclic amines) is 1. The molecule has 0 saturated carbocycles. The number of aryl methyl sites for hydroxylation is 1. The molecule has 1 aromatic rings. The summed E-state index contributed by atoms with van der Waals surface area (Å²) in [5.74, 6) is 1.40. The molecular formula is C16H25N3O. The molecule has 110 valence electrons. The Bertz CT molecular complexity index is 477. The normalized spacial score (nSPS) is 23.6. The molecule has 0 bridgehead atoms. The number of hydrogen-bond donors (Lipinski definition) is 2. The average molecular weight is 275 g/mol.